The number of hydrogen-bond acceptors (Lipinski definition) is 2. The molecule has 0 fully saturated rings. The minimum absolute atomic E-state index is 0.180. The zero-order chi connectivity index (χ0) is 13.9. The van der Waals surface area contributed by atoms with Crippen molar-refractivity contribution in [3.05, 3.63) is 35.4 Å². The Kier molecular flexibility index (Phi) is 4.82. The summed E-state index contributed by atoms with van der Waals surface area (Å²) in [5.74, 6) is -1.75. The average molecular weight is 257 g/mol. The highest BCUT2D eigenvalue weighted by Crippen LogP contribution is 2.31. The number of hydrogen-bond donors (Lipinski definition) is 1. The highest BCUT2D eigenvalue weighted by molar-refractivity contribution is 5.22. The molecule has 0 aromatic heterocycles. The Balaban J connectivity index is 3.01. The molecular weight excluding hydrogens is 236 g/mol. The lowest BCUT2D eigenvalue weighted by atomic mass is 9.82. The van der Waals surface area contributed by atoms with Gasteiger partial charge in [0.1, 0.15) is 0 Å². The molecule has 0 radical (unpaired) electrons. The summed E-state index contributed by atoms with van der Waals surface area (Å²) in [7, 11) is 0. The first-order valence-electron chi connectivity index (χ1n) is 6.09. The van der Waals surface area contributed by atoms with Crippen LogP contribution in [-0.2, 0) is 4.74 Å². The van der Waals surface area contributed by atoms with Crippen molar-refractivity contribution < 1.29 is 13.5 Å². The van der Waals surface area contributed by atoms with E-state index in [0.717, 1.165) is 12.1 Å². The number of halogens is 2. The molecule has 0 bridgehead atoms. The molecule has 1 aromatic carbocycles. The molecule has 0 heterocycles. The Morgan fingerprint density at radius 2 is 1.83 bits per heavy atom. The molecule has 2 atom stereocenters. The zero-order valence-corrected chi connectivity index (χ0v) is 11.3. The van der Waals surface area contributed by atoms with Crippen LogP contribution in [0.2, 0.25) is 0 Å². The van der Waals surface area contributed by atoms with E-state index in [1.807, 2.05) is 27.7 Å². The number of rotatable bonds is 4. The number of benzene rings is 1. The fourth-order valence-electron chi connectivity index (χ4n) is 1.97. The van der Waals surface area contributed by atoms with Crippen LogP contribution in [0, 0.1) is 17.0 Å². The predicted molar refractivity (Wildman–Crippen MR) is 68.2 cm³/mol. The molecular formula is C14H21F2NO. The third kappa shape index (κ3) is 3.50. The van der Waals surface area contributed by atoms with Crippen molar-refractivity contribution in [2.24, 2.45) is 11.1 Å². The lowest BCUT2D eigenvalue weighted by molar-refractivity contribution is -0.0283. The first kappa shape index (κ1) is 15.1. The van der Waals surface area contributed by atoms with Crippen LogP contribution in [0.15, 0.2) is 18.2 Å². The van der Waals surface area contributed by atoms with Crippen LogP contribution >= 0.6 is 0 Å². The second-order valence-electron chi connectivity index (χ2n) is 5.44. The maximum Gasteiger partial charge on any atom is 0.159 e. The van der Waals surface area contributed by atoms with Gasteiger partial charge in [-0.2, -0.15) is 0 Å². The van der Waals surface area contributed by atoms with Crippen molar-refractivity contribution in [2.75, 3.05) is 6.61 Å². The van der Waals surface area contributed by atoms with Crippen LogP contribution in [0.5, 0.6) is 0 Å². The molecule has 0 saturated heterocycles. The molecule has 18 heavy (non-hydrogen) atoms. The molecule has 2 nitrogen and oxygen atoms in total. The number of nitrogens with two attached hydrogens (primary N) is 1. The van der Waals surface area contributed by atoms with Crippen molar-refractivity contribution >= 4 is 0 Å². The van der Waals surface area contributed by atoms with Gasteiger partial charge in [0.25, 0.3) is 0 Å². The lowest BCUT2D eigenvalue weighted by Gasteiger charge is -2.35. The summed E-state index contributed by atoms with van der Waals surface area (Å²) in [5.41, 5.74) is 6.48. The summed E-state index contributed by atoms with van der Waals surface area (Å²) >= 11 is 0. The number of ether oxygens (including phenoxy) is 1. The first-order chi connectivity index (χ1) is 8.27. The minimum atomic E-state index is -0.882. The standard InChI is InChI=1S/C14H21F2NO/c1-5-18-13(14(2,3)4)12(17)9-6-7-10(15)11(16)8-9/h6-8,12-13H,5,17H2,1-4H3. The van der Waals surface area contributed by atoms with E-state index >= 15 is 0 Å². The van der Waals surface area contributed by atoms with E-state index in [1.54, 1.807) is 0 Å². The topological polar surface area (TPSA) is 35.2 Å². The summed E-state index contributed by atoms with van der Waals surface area (Å²) < 4.78 is 31.8. The SMILES string of the molecule is CCOC(C(N)c1ccc(F)c(F)c1)C(C)(C)C. The molecule has 1 aromatic rings. The van der Waals surface area contributed by atoms with Crippen LogP contribution in [0.3, 0.4) is 0 Å². The van der Waals surface area contributed by atoms with Gasteiger partial charge in [0.05, 0.1) is 12.1 Å². The van der Waals surface area contributed by atoms with Crippen LogP contribution in [0.1, 0.15) is 39.3 Å². The Hall–Kier alpha value is -1.00. The van der Waals surface area contributed by atoms with E-state index in [4.69, 9.17) is 10.5 Å². The highest BCUT2D eigenvalue weighted by atomic mass is 19.2. The third-order valence-electron chi connectivity index (χ3n) is 2.85. The van der Waals surface area contributed by atoms with E-state index < -0.39 is 17.7 Å². The van der Waals surface area contributed by atoms with Crippen LogP contribution in [-0.4, -0.2) is 12.7 Å². The third-order valence-corrected chi connectivity index (χ3v) is 2.85. The van der Waals surface area contributed by atoms with Gasteiger partial charge in [0.15, 0.2) is 11.6 Å². The molecule has 0 aliphatic rings. The summed E-state index contributed by atoms with van der Waals surface area (Å²) in [6.45, 7) is 8.43. The van der Waals surface area contributed by atoms with E-state index in [9.17, 15) is 8.78 Å². The molecule has 0 aliphatic carbocycles. The van der Waals surface area contributed by atoms with Gasteiger partial charge in [-0.25, -0.2) is 8.78 Å². The summed E-state index contributed by atoms with van der Waals surface area (Å²) in [6.07, 6.45) is -0.257. The van der Waals surface area contributed by atoms with Crippen molar-refractivity contribution in [3.63, 3.8) is 0 Å². The molecule has 0 saturated carbocycles. The Labute approximate surface area is 107 Å². The van der Waals surface area contributed by atoms with Crippen LogP contribution < -0.4 is 5.73 Å². The van der Waals surface area contributed by atoms with E-state index in [2.05, 4.69) is 0 Å². The minimum Gasteiger partial charge on any atom is -0.376 e. The highest BCUT2D eigenvalue weighted by Gasteiger charge is 2.32. The smallest absolute Gasteiger partial charge is 0.159 e. The van der Waals surface area contributed by atoms with Gasteiger partial charge in [-0.05, 0) is 30.0 Å². The maximum absolute atomic E-state index is 13.2. The Morgan fingerprint density at radius 1 is 1.22 bits per heavy atom. The molecule has 1 rings (SSSR count). The van der Waals surface area contributed by atoms with Crippen molar-refractivity contribution in [1.82, 2.24) is 0 Å². The summed E-state index contributed by atoms with van der Waals surface area (Å²) in [5, 5.41) is 0. The van der Waals surface area contributed by atoms with E-state index in [0.29, 0.717) is 12.2 Å². The van der Waals surface area contributed by atoms with Gasteiger partial charge in [0, 0.05) is 6.61 Å². The maximum atomic E-state index is 13.2. The normalized spacial score (nSPS) is 15.5. The van der Waals surface area contributed by atoms with Gasteiger partial charge in [-0.3, -0.25) is 0 Å². The van der Waals surface area contributed by atoms with E-state index in [-0.39, 0.29) is 11.5 Å². The monoisotopic (exact) mass is 257 g/mol. The van der Waals surface area contributed by atoms with Crippen molar-refractivity contribution in [1.29, 1.82) is 0 Å². The molecule has 4 heteroatoms. The second kappa shape index (κ2) is 5.76. The van der Waals surface area contributed by atoms with Gasteiger partial charge in [-0.1, -0.05) is 26.8 Å². The largest absolute Gasteiger partial charge is 0.376 e. The lowest BCUT2D eigenvalue weighted by Crippen LogP contribution is -2.39. The molecule has 2 N–H and O–H groups in total. The molecule has 2 unspecified atom stereocenters. The predicted octanol–water partition coefficient (Wildman–Crippen LogP) is 3.42. The van der Waals surface area contributed by atoms with Crippen molar-refractivity contribution in [3.8, 4) is 0 Å². The van der Waals surface area contributed by atoms with E-state index in [1.165, 1.54) is 6.07 Å². The van der Waals surface area contributed by atoms with Crippen LogP contribution in [0.25, 0.3) is 0 Å². The van der Waals surface area contributed by atoms with Gasteiger partial charge in [-0.15, -0.1) is 0 Å². The molecule has 0 aliphatic heterocycles. The molecule has 0 amide bonds. The zero-order valence-electron chi connectivity index (χ0n) is 11.3. The quantitative estimate of drug-likeness (QED) is 0.897. The summed E-state index contributed by atoms with van der Waals surface area (Å²) in [4.78, 5) is 0. The van der Waals surface area contributed by atoms with Gasteiger partial charge >= 0.3 is 0 Å². The van der Waals surface area contributed by atoms with Gasteiger partial charge < -0.3 is 10.5 Å². The van der Waals surface area contributed by atoms with Crippen molar-refractivity contribution in [2.45, 2.75) is 39.8 Å². The Morgan fingerprint density at radius 3 is 2.28 bits per heavy atom. The molecule has 102 valence electrons. The van der Waals surface area contributed by atoms with Gasteiger partial charge in [0.2, 0.25) is 0 Å². The van der Waals surface area contributed by atoms with Crippen LogP contribution in [0.4, 0.5) is 8.78 Å². The fraction of sp³-hybridized carbons (Fsp3) is 0.571. The summed E-state index contributed by atoms with van der Waals surface area (Å²) in [6, 6.07) is 3.24. The fourth-order valence-corrected chi connectivity index (χ4v) is 1.97. The second-order valence-corrected chi connectivity index (χ2v) is 5.44. The first-order valence-corrected chi connectivity index (χ1v) is 6.09. The Bertz CT molecular complexity index is 401. The average Bonchev–Trinajstić information content (AvgIpc) is 2.27. The molecule has 0 spiro atoms.